The number of nitriles is 1. The highest BCUT2D eigenvalue weighted by Crippen LogP contribution is 2.38. The summed E-state index contributed by atoms with van der Waals surface area (Å²) in [7, 11) is 1.51. The minimum Gasteiger partial charge on any atom is -0.439 e. The van der Waals surface area contributed by atoms with Gasteiger partial charge in [-0.25, -0.2) is 4.98 Å². The van der Waals surface area contributed by atoms with E-state index in [1.807, 2.05) is 6.07 Å². The molecule has 12 heteroatoms. The maximum atomic E-state index is 13.6. The summed E-state index contributed by atoms with van der Waals surface area (Å²) in [5.41, 5.74) is 11.5. The predicted molar refractivity (Wildman–Crippen MR) is 109 cm³/mol. The van der Waals surface area contributed by atoms with E-state index in [9.17, 15) is 18.4 Å². The van der Waals surface area contributed by atoms with Crippen LogP contribution in [0.5, 0.6) is 11.6 Å². The van der Waals surface area contributed by atoms with Crippen LogP contribution < -0.4 is 16.2 Å². The molecular weight excluding hydrogens is 425 g/mol. The normalized spacial score (nSPS) is 11.5. The van der Waals surface area contributed by atoms with Gasteiger partial charge in [0.05, 0.1) is 22.3 Å². The van der Waals surface area contributed by atoms with E-state index >= 15 is 0 Å². The monoisotopic (exact) mass is 440 g/mol. The highest BCUT2D eigenvalue weighted by Gasteiger charge is 2.35. The number of aromatic nitrogens is 5. The molecule has 1 aromatic carbocycles. The first kappa shape index (κ1) is 20.9. The van der Waals surface area contributed by atoms with Crippen molar-refractivity contribution in [3.8, 4) is 29.0 Å². The van der Waals surface area contributed by atoms with Gasteiger partial charge in [-0.2, -0.15) is 33.5 Å². The first-order valence-corrected chi connectivity index (χ1v) is 9.11. The van der Waals surface area contributed by atoms with Crippen molar-refractivity contribution in [1.82, 2.24) is 24.7 Å². The number of rotatable bonds is 3. The molecule has 0 amide bonds. The van der Waals surface area contributed by atoms with Crippen molar-refractivity contribution in [2.24, 2.45) is 7.05 Å². The van der Waals surface area contributed by atoms with Gasteiger partial charge in [0.15, 0.2) is 5.65 Å². The molecule has 4 aromatic rings. The molecule has 0 aliphatic carbocycles. The van der Waals surface area contributed by atoms with E-state index in [0.717, 1.165) is 6.07 Å². The molecule has 0 bridgehead atoms. The van der Waals surface area contributed by atoms with E-state index < -0.39 is 11.7 Å². The lowest BCUT2D eigenvalue weighted by molar-refractivity contribution is -0.136. The lowest BCUT2D eigenvalue weighted by Gasteiger charge is -2.12. The van der Waals surface area contributed by atoms with Gasteiger partial charge >= 0.3 is 6.18 Å². The molecule has 0 aliphatic heterocycles. The van der Waals surface area contributed by atoms with Crippen LogP contribution in [0.1, 0.15) is 16.8 Å². The standard InChI is InChI=1S/C20H15F3N8O/c1-9-15-13(20(21,22)23)7-14(27-18(15)31(2)30-9)32-11-5-3-10(4-6-11)16-12(8-24)17(25)29-19(26)28-16/h3-7H,1-2H3,(H4,25,26,28,29). The number of alkyl halides is 3. The molecule has 0 aliphatic rings. The van der Waals surface area contributed by atoms with Crippen LogP contribution in [0.4, 0.5) is 24.9 Å². The number of ether oxygens (including phenoxy) is 1. The molecule has 162 valence electrons. The Bertz CT molecular complexity index is 1390. The summed E-state index contributed by atoms with van der Waals surface area (Å²) in [5, 5.41) is 13.3. The number of nitrogens with two attached hydrogens (primary N) is 2. The number of pyridine rings is 1. The van der Waals surface area contributed by atoms with Crippen molar-refractivity contribution in [2.75, 3.05) is 11.5 Å². The average Bonchev–Trinajstić information content (AvgIpc) is 3.00. The number of aryl methyl sites for hydroxylation is 2. The van der Waals surface area contributed by atoms with E-state index in [1.165, 1.54) is 30.8 Å². The summed E-state index contributed by atoms with van der Waals surface area (Å²) in [6.45, 7) is 1.49. The highest BCUT2D eigenvalue weighted by molar-refractivity contribution is 5.83. The Labute approximate surface area is 179 Å². The van der Waals surface area contributed by atoms with Gasteiger partial charge in [0.2, 0.25) is 11.8 Å². The van der Waals surface area contributed by atoms with Crippen molar-refractivity contribution in [3.05, 3.63) is 47.2 Å². The number of halogens is 3. The van der Waals surface area contributed by atoms with Crippen LogP contribution in [0.25, 0.3) is 22.3 Å². The molecule has 3 heterocycles. The second kappa shape index (κ2) is 7.38. The van der Waals surface area contributed by atoms with Gasteiger partial charge < -0.3 is 16.2 Å². The molecule has 0 saturated carbocycles. The number of benzene rings is 1. The summed E-state index contributed by atoms with van der Waals surface area (Å²) >= 11 is 0. The van der Waals surface area contributed by atoms with Gasteiger partial charge in [-0.1, -0.05) is 0 Å². The maximum absolute atomic E-state index is 13.6. The molecule has 0 saturated heterocycles. The van der Waals surface area contributed by atoms with Crippen molar-refractivity contribution in [1.29, 1.82) is 5.26 Å². The summed E-state index contributed by atoms with van der Waals surface area (Å²) in [5.74, 6) is -0.172. The third kappa shape index (κ3) is 3.60. The Hall–Kier alpha value is -4.40. The number of hydrogen-bond donors (Lipinski definition) is 2. The molecule has 0 spiro atoms. The van der Waals surface area contributed by atoms with Crippen LogP contribution in [0.15, 0.2) is 30.3 Å². The molecule has 4 rings (SSSR count). The third-order valence-electron chi connectivity index (χ3n) is 4.67. The molecule has 0 radical (unpaired) electrons. The first-order chi connectivity index (χ1) is 15.1. The van der Waals surface area contributed by atoms with Crippen LogP contribution >= 0.6 is 0 Å². The summed E-state index contributed by atoms with van der Waals surface area (Å²) in [6.07, 6.45) is -4.61. The van der Waals surface area contributed by atoms with Crippen molar-refractivity contribution >= 4 is 22.8 Å². The van der Waals surface area contributed by atoms with Gasteiger partial charge in [0, 0.05) is 18.7 Å². The second-order valence-corrected chi connectivity index (χ2v) is 6.84. The fraction of sp³-hybridized carbons (Fsp3) is 0.150. The number of nitrogens with zero attached hydrogens (tertiary/aromatic N) is 6. The Morgan fingerprint density at radius 1 is 1.09 bits per heavy atom. The van der Waals surface area contributed by atoms with E-state index in [-0.39, 0.29) is 51.4 Å². The minimum absolute atomic E-state index is 0.0505. The zero-order valence-corrected chi connectivity index (χ0v) is 16.8. The summed E-state index contributed by atoms with van der Waals surface area (Å²) in [6, 6.07) is 8.89. The Kier molecular flexibility index (Phi) is 4.81. The van der Waals surface area contributed by atoms with Gasteiger partial charge in [0.1, 0.15) is 23.2 Å². The molecule has 3 aromatic heterocycles. The summed E-state index contributed by atoms with van der Waals surface area (Å²) < 4.78 is 47.7. The zero-order valence-electron chi connectivity index (χ0n) is 16.8. The SMILES string of the molecule is Cc1nn(C)c2nc(Oc3ccc(-c4nc(N)nc(N)c4C#N)cc3)cc(C(F)(F)F)c12. The summed E-state index contributed by atoms with van der Waals surface area (Å²) in [4.78, 5) is 12.0. The van der Waals surface area contributed by atoms with Crippen LogP contribution in [0.2, 0.25) is 0 Å². The fourth-order valence-corrected chi connectivity index (χ4v) is 3.31. The molecule has 4 N–H and O–H groups in total. The Morgan fingerprint density at radius 2 is 1.78 bits per heavy atom. The highest BCUT2D eigenvalue weighted by atomic mass is 19.4. The Balaban J connectivity index is 1.72. The lowest BCUT2D eigenvalue weighted by atomic mass is 10.1. The van der Waals surface area contributed by atoms with Crippen molar-refractivity contribution in [3.63, 3.8) is 0 Å². The zero-order chi connectivity index (χ0) is 23.2. The van der Waals surface area contributed by atoms with E-state index in [2.05, 4.69) is 20.1 Å². The van der Waals surface area contributed by atoms with Gasteiger partial charge in [-0.15, -0.1) is 0 Å². The maximum Gasteiger partial charge on any atom is 0.417 e. The third-order valence-corrected chi connectivity index (χ3v) is 4.67. The van der Waals surface area contributed by atoms with Gasteiger partial charge in [0.25, 0.3) is 0 Å². The minimum atomic E-state index is -4.61. The molecule has 9 nitrogen and oxygen atoms in total. The van der Waals surface area contributed by atoms with Crippen LogP contribution in [-0.2, 0) is 13.2 Å². The smallest absolute Gasteiger partial charge is 0.417 e. The first-order valence-electron chi connectivity index (χ1n) is 9.11. The van der Waals surface area contributed by atoms with E-state index in [1.54, 1.807) is 12.1 Å². The number of fused-ring (bicyclic) bond motifs is 1. The molecular formula is C20H15F3N8O. The molecule has 32 heavy (non-hydrogen) atoms. The van der Waals surface area contributed by atoms with E-state index in [4.69, 9.17) is 16.2 Å². The van der Waals surface area contributed by atoms with Crippen LogP contribution in [0, 0.1) is 18.3 Å². The lowest BCUT2D eigenvalue weighted by Crippen LogP contribution is -2.07. The van der Waals surface area contributed by atoms with Gasteiger partial charge in [-0.05, 0) is 31.2 Å². The average molecular weight is 440 g/mol. The molecule has 0 atom stereocenters. The van der Waals surface area contributed by atoms with Crippen LogP contribution in [-0.4, -0.2) is 24.7 Å². The van der Waals surface area contributed by atoms with E-state index in [0.29, 0.717) is 5.56 Å². The van der Waals surface area contributed by atoms with Gasteiger partial charge in [-0.3, -0.25) is 4.68 Å². The topological polar surface area (TPSA) is 142 Å². The Morgan fingerprint density at radius 3 is 2.41 bits per heavy atom. The molecule has 0 unspecified atom stereocenters. The predicted octanol–water partition coefficient (Wildman–Crippen LogP) is 3.58. The fourth-order valence-electron chi connectivity index (χ4n) is 3.31. The van der Waals surface area contributed by atoms with Crippen molar-refractivity contribution < 1.29 is 17.9 Å². The number of anilines is 2. The number of nitrogen functional groups attached to an aromatic ring is 2. The molecule has 0 fully saturated rings. The van der Waals surface area contributed by atoms with Crippen molar-refractivity contribution in [2.45, 2.75) is 13.1 Å². The number of hydrogen-bond acceptors (Lipinski definition) is 8. The van der Waals surface area contributed by atoms with Crippen LogP contribution in [0.3, 0.4) is 0 Å². The quantitative estimate of drug-likeness (QED) is 0.492. The largest absolute Gasteiger partial charge is 0.439 e. The second-order valence-electron chi connectivity index (χ2n) is 6.84.